The lowest BCUT2D eigenvalue weighted by Crippen LogP contribution is -2.17. The number of benzene rings is 2. The third-order valence-electron chi connectivity index (χ3n) is 7.10. The summed E-state index contributed by atoms with van der Waals surface area (Å²) in [6, 6.07) is 20.1. The van der Waals surface area contributed by atoms with E-state index in [1.165, 1.54) is 28.0 Å². The van der Waals surface area contributed by atoms with Gasteiger partial charge < -0.3 is 14.6 Å². The van der Waals surface area contributed by atoms with E-state index in [1.54, 1.807) is 6.92 Å². The number of fused-ring (bicyclic) bond motifs is 2. The fourth-order valence-electron chi connectivity index (χ4n) is 5.16. The number of carbonyl (C=O) groups excluding carboxylic acids is 2. The maximum atomic E-state index is 13.1. The van der Waals surface area contributed by atoms with Gasteiger partial charge in [0.25, 0.3) is 0 Å². The first-order valence-electron chi connectivity index (χ1n) is 13.6. The van der Waals surface area contributed by atoms with Crippen LogP contribution in [0.2, 0.25) is 0 Å². The fraction of sp³-hybridized carbons (Fsp3) is 0.258. The molecule has 1 aliphatic rings. The minimum Gasteiger partial charge on any atom is -0.462 e. The molecule has 0 saturated heterocycles. The number of rotatable bonds is 8. The van der Waals surface area contributed by atoms with Gasteiger partial charge in [0.1, 0.15) is 5.00 Å². The molecule has 10 heteroatoms. The van der Waals surface area contributed by atoms with Crippen LogP contribution in [0.25, 0.3) is 33.5 Å². The molecule has 0 bridgehead atoms. The molecular weight excluding hydrogens is 555 g/mol. The first-order valence-corrected chi connectivity index (χ1v) is 15.4. The van der Waals surface area contributed by atoms with Crippen LogP contribution in [0.1, 0.15) is 40.6 Å². The molecule has 1 N–H and O–H groups in total. The van der Waals surface area contributed by atoms with E-state index in [4.69, 9.17) is 9.72 Å². The molecule has 41 heavy (non-hydrogen) atoms. The highest BCUT2D eigenvalue weighted by Gasteiger charge is 2.27. The van der Waals surface area contributed by atoms with E-state index in [0.717, 1.165) is 59.0 Å². The molecule has 0 saturated carbocycles. The zero-order valence-corrected chi connectivity index (χ0v) is 24.5. The van der Waals surface area contributed by atoms with Crippen molar-refractivity contribution in [2.24, 2.45) is 7.05 Å². The van der Waals surface area contributed by atoms with Gasteiger partial charge in [0.15, 0.2) is 11.0 Å². The van der Waals surface area contributed by atoms with E-state index in [1.807, 2.05) is 72.3 Å². The molecule has 0 spiro atoms. The predicted molar refractivity (Wildman–Crippen MR) is 163 cm³/mol. The zero-order valence-electron chi connectivity index (χ0n) is 22.8. The van der Waals surface area contributed by atoms with Crippen molar-refractivity contribution in [1.82, 2.24) is 19.7 Å². The smallest absolute Gasteiger partial charge is 0.341 e. The van der Waals surface area contributed by atoms with Gasteiger partial charge in [-0.05, 0) is 50.3 Å². The molecule has 2 aromatic carbocycles. The number of anilines is 1. The molecular formula is C31H29N5O3S2. The first-order chi connectivity index (χ1) is 20.0. The number of nitrogens with zero attached hydrogens (tertiary/aromatic N) is 4. The average Bonchev–Trinajstić information content (AvgIpc) is 3.55. The third-order valence-corrected chi connectivity index (χ3v) is 9.33. The standard InChI is InChI=1S/C31H29N5O3S2/c1-3-39-30(38)27-21-14-8-10-16-25(21)41-29(27)33-26(37)18-40-31-35-34-28(36(31)2)22-17-24(19-11-5-4-6-12-19)32-23-15-9-7-13-20(22)23/h4-7,9,11-13,15,17H,3,8,10,14,16,18H2,1-2H3,(H,33,37). The summed E-state index contributed by atoms with van der Waals surface area (Å²) in [5.74, 6) is 0.249. The van der Waals surface area contributed by atoms with Crippen LogP contribution in [0.15, 0.2) is 65.8 Å². The summed E-state index contributed by atoms with van der Waals surface area (Å²) in [5, 5.41) is 14.1. The van der Waals surface area contributed by atoms with Crippen molar-refractivity contribution in [3.05, 3.63) is 76.7 Å². The molecule has 0 radical (unpaired) electrons. The Labute approximate surface area is 246 Å². The van der Waals surface area contributed by atoms with Crippen LogP contribution in [0.3, 0.4) is 0 Å². The molecule has 208 valence electrons. The van der Waals surface area contributed by atoms with Crippen LogP contribution >= 0.6 is 23.1 Å². The molecule has 3 heterocycles. The number of amides is 1. The Morgan fingerprint density at radius 1 is 1.05 bits per heavy atom. The van der Waals surface area contributed by atoms with Gasteiger partial charge in [0.05, 0.1) is 29.1 Å². The largest absolute Gasteiger partial charge is 0.462 e. The molecule has 0 fully saturated rings. The van der Waals surface area contributed by atoms with Gasteiger partial charge in [-0.3, -0.25) is 4.79 Å². The van der Waals surface area contributed by atoms with Crippen molar-refractivity contribution < 1.29 is 14.3 Å². The summed E-state index contributed by atoms with van der Waals surface area (Å²) in [6.45, 7) is 2.08. The molecule has 0 aliphatic heterocycles. The Morgan fingerprint density at radius 2 is 1.83 bits per heavy atom. The second-order valence-corrected chi connectivity index (χ2v) is 11.8. The number of esters is 1. The number of aryl methyl sites for hydroxylation is 1. The molecule has 0 atom stereocenters. The number of nitrogens with one attached hydrogen (secondary N) is 1. The number of para-hydroxylation sites is 1. The molecule has 1 aliphatic carbocycles. The van der Waals surface area contributed by atoms with Gasteiger partial charge in [0.2, 0.25) is 5.91 Å². The Balaban J connectivity index is 1.24. The number of thioether (sulfide) groups is 1. The highest BCUT2D eigenvalue weighted by atomic mass is 32.2. The molecule has 0 unspecified atom stereocenters. The van der Waals surface area contributed by atoms with E-state index in [-0.39, 0.29) is 17.6 Å². The summed E-state index contributed by atoms with van der Waals surface area (Å²) >= 11 is 2.80. The normalized spacial score (nSPS) is 12.7. The van der Waals surface area contributed by atoms with Gasteiger partial charge in [0, 0.05) is 28.4 Å². The minimum atomic E-state index is -0.368. The molecule has 8 nitrogen and oxygen atoms in total. The summed E-state index contributed by atoms with van der Waals surface area (Å²) < 4.78 is 7.22. The average molecular weight is 584 g/mol. The maximum absolute atomic E-state index is 13.1. The molecule has 6 rings (SSSR count). The van der Waals surface area contributed by atoms with Crippen molar-refractivity contribution in [1.29, 1.82) is 0 Å². The quantitative estimate of drug-likeness (QED) is 0.163. The molecule has 5 aromatic rings. The SMILES string of the molecule is CCOC(=O)c1c(NC(=O)CSc2nnc(-c3cc(-c4ccccc4)nc4ccccc34)n2C)sc2c1CCCC2. The van der Waals surface area contributed by atoms with Crippen LogP contribution in [0.4, 0.5) is 5.00 Å². The van der Waals surface area contributed by atoms with E-state index >= 15 is 0 Å². The van der Waals surface area contributed by atoms with Crippen LogP contribution < -0.4 is 5.32 Å². The molecule has 3 aromatic heterocycles. The first kappa shape index (κ1) is 27.2. The number of carbonyl (C=O) groups is 2. The fourth-order valence-corrected chi connectivity index (χ4v) is 7.16. The summed E-state index contributed by atoms with van der Waals surface area (Å²) in [4.78, 5) is 31.8. The minimum absolute atomic E-state index is 0.128. The monoisotopic (exact) mass is 583 g/mol. The van der Waals surface area contributed by atoms with Gasteiger partial charge in [-0.2, -0.15) is 0 Å². The number of aromatic nitrogens is 4. The van der Waals surface area contributed by atoms with Gasteiger partial charge in [-0.15, -0.1) is 21.5 Å². The van der Waals surface area contributed by atoms with Crippen LogP contribution in [0, 0.1) is 0 Å². The summed E-state index contributed by atoms with van der Waals surface area (Å²) in [5.41, 5.74) is 5.21. The lowest BCUT2D eigenvalue weighted by molar-refractivity contribution is -0.113. The maximum Gasteiger partial charge on any atom is 0.341 e. The lowest BCUT2D eigenvalue weighted by Gasteiger charge is -2.12. The Kier molecular flexibility index (Phi) is 7.84. The number of ether oxygens (including phenoxy) is 1. The van der Waals surface area contributed by atoms with Gasteiger partial charge in [-0.25, -0.2) is 9.78 Å². The lowest BCUT2D eigenvalue weighted by atomic mass is 9.95. The highest BCUT2D eigenvalue weighted by Crippen LogP contribution is 2.39. The topological polar surface area (TPSA) is 99.0 Å². The van der Waals surface area contributed by atoms with E-state index in [9.17, 15) is 9.59 Å². The number of pyridine rings is 1. The highest BCUT2D eigenvalue weighted by molar-refractivity contribution is 7.99. The van der Waals surface area contributed by atoms with E-state index in [0.29, 0.717) is 28.2 Å². The van der Waals surface area contributed by atoms with Crippen molar-refractivity contribution in [3.63, 3.8) is 0 Å². The Hall–Kier alpha value is -4.02. The van der Waals surface area contributed by atoms with Crippen molar-refractivity contribution in [2.75, 3.05) is 17.7 Å². The zero-order chi connectivity index (χ0) is 28.3. The predicted octanol–water partition coefficient (Wildman–Crippen LogP) is 6.55. The van der Waals surface area contributed by atoms with Gasteiger partial charge in [-0.1, -0.05) is 60.3 Å². The number of hydrogen-bond acceptors (Lipinski definition) is 8. The molecule has 1 amide bonds. The van der Waals surface area contributed by atoms with Gasteiger partial charge >= 0.3 is 5.97 Å². The summed E-state index contributed by atoms with van der Waals surface area (Å²) in [7, 11) is 1.90. The second kappa shape index (κ2) is 11.8. The van der Waals surface area contributed by atoms with Crippen LogP contribution in [0.5, 0.6) is 0 Å². The van der Waals surface area contributed by atoms with Crippen LogP contribution in [-0.2, 0) is 29.4 Å². The number of thiophene rings is 1. The Bertz CT molecular complexity index is 1750. The van der Waals surface area contributed by atoms with Crippen LogP contribution in [-0.4, -0.2) is 44.0 Å². The van der Waals surface area contributed by atoms with E-state index < -0.39 is 0 Å². The van der Waals surface area contributed by atoms with Crippen molar-refractivity contribution >= 4 is 50.9 Å². The van der Waals surface area contributed by atoms with E-state index in [2.05, 4.69) is 15.5 Å². The Morgan fingerprint density at radius 3 is 2.66 bits per heavy atom. The second-order valence-electron chi connectivity index (χ2n) is 9.78. The van der Waals surface area contributed by atoms with Crippen molar-refractivity contribution in [3.8, 4) is 22.6 Å². The van der Waals surface area contributed by atoms with Crippen molar-refractivity contribution in [2.45, 2.75) is 37.8 Å². The summed E-state index contributed by atoms with van der Waals surface area (Å²) in [6.07, 6.45) is 3.89. The number of hydrogen-bond donors (Lipinski definition) is 1. The third kappa shape index (κ3) is 5.49.